The summed E-state index contributed by atoms with van der Waals surface area (Å²) in [6, 6.07) is 0.713. The second kappa shape index (κ2) is 10.4. The second-order valence-electron chi connectivity index (χ2n) is 7.66. The van der Waals surface area contributed by atoms with Gasteiger partial charge in [0.1, 0.15) is 35.1 Å². The number of rotatable bonds is 9. The van der Waals surface area contributed by atoms with Crippen molar-refractivity contribution in [2.75, 3.05) is 18.1 Å². The summed E-state index contributed by atoms with van der Waals surface area (Å²) in [6.45, 7) is 0.951. The van der Waals surface area contributed by atoms with E-state index < -0.39 is 35.2 Å². The number of oxime groups is 1. The largest absolute Gasteiger partial charge is 0.477 e. The van der Waals surface area contributed by atoms with Crippen LogP contribution in [0.2, 0.25) is 0 Å². The molecule has 1 fully saturated rings. The first-order chi connectivity index (χ1) is 17.2. The van der Waals surface area contributed by atoms with Gasteiger partial charge in [-0.25, -0.2) is 9.78 Å². The quantitative estimate of drug-likeness (QED) is 0.165. The van der Waals surface area contributed by atoms with Crippen molar-refractivity contribution < 1.29 is 33.9 Å². The van der Waals surface area contributed by atoms with Gasteiger partial charge < -0.3 is 25.7 Å². The van der Waals surface area contributed by atoms with Crippen LogP contribution < -0.4 is 11.1 Å². The molecule has 1 saturated heterocycles. The molecule has 4 heterocycles. The number of aromatic nitrogens is 3. The second-order valence-corrected chi connectivity index (χ2v) is 9.66. The lowest BCUT2D eigenvalue weighted by Crippen LogP contribution is -2.71. The van der Waals surface area contributed by atoms with Crippen molar-refractivity contribution >= 4 is 57.7 Å². The number of carbonyl (C=O) groups excluding carboxylic acids is 3. The number of carboxylic acids is 1. The molecule has 2 aromatic heterocycles. The van der Waals surface area contributed by atoms with Crippen LogP contribution in [0, 0.1) is 0 Å². The summed E-state index contributed by atoms with van der Waals surface area (Å²) < 4.78 is 6.50. The van der Waals surface area contributed by atoms with Crippen LogP contribution in [0.5, 0.6) is 0 Å². The van der Waals surface area contributed by atoms with Gasteiger partial charge >= 0.3 is 11.9 Å². The Balaban J connectivity index is 1.49. The van der Waals surface area contributed by atoms with Crippen LogP contribution in [0.25, 0.3) is 0 Å². The highest BCUT2D eigenvalue weighted by molar-refractivity contribution is 8.00. The van der Waals surface area contributed by atoms with Crippen LogP contribution in [-0.4, -0.2) is 78.0 Å². The summed E-state index contributed by atoms with van der Waals surface area (Å²) in [7, 11) is 1.75. The number of nitrogens with one attached hydrogen (secondary N) is 1. The Labute approximate surface area is 212 Å². The predicted octanol–water partition coefficient (Wildman–Crippen LogP) is -0.319. The molecular formula is C20H21N7O7S2. The van der Waals surface area contributed by atoms with Crippen LogP contribution in [0.1, 0.15) is 18.3 Å². The number of nitrogen functional groups attached to an aromatic ring is 1. The van der Waals surface area contributed by atoms with Gasteiger partial charge in [-0.3, -0.25) is 24.0 Å². The van der Waals surface area contributed by atoms with Crippen molar-refractivity contribution in [2.45, 2.75) is 24.9 Å². The molecule has 2 atom stereocenters. The molecule has 2 aromatic rings. The van der Waals surface area contributed by atoms with Gasteiger partial charge in [0.15, 0.2) is 17.5 Å². The van der Waals surface area contributed by atoms with E-state index in [1.807, 2.05) is 0 Å². The van der Waals surface area contributed by atoms with Gasteiger partial charge in [-0.05, 0) is 6.07 Å². The lowest BCUT2D eigenvalue weighted by atomic mass is 10.0. The number of amides is 2. The summed E-state index contributed by atoms with van der Waals surface area (Å²) in [6.07, 6.45) is 1.73. The normalized spacial score (nSPS) is 19.4. The van der Waals surface area contributed by atoms with Crippen LogP contribution in [0.4, 0.5) is 5.13 Å². The molecule has 0 unspecified atom stereocenters. The SMILES string of the molecule is CC(=O)OCC1=C(C(=O)O)N2C(=O)[C@@H](NC(=O)/C(=N/OCc3ccn(C)n3)c3csc(N)n3)[C@H]2SC1. The molecule has 0 bridgehead atoms. The van der Waals surface area contributed by atoms with Crippen LogP contribution in [-0.2, 0) is 42.4 Å². The fourth-order valence-electron chi connectivity index (χ4n) is 3.50. The number of carbonyl (C=O) groups is 4. The number of hydrogen-bond donors (Lipinski definition) is 3. The smallest absolute Gasteiger partial charge is 0.352 e. The van der Waals surface area contributed by atoms with Gasteiger partial charge in [-0.1, -0.05) is 5.16 Å². The first kappa shape index (κ1) is 25.2. The van der Waals surface area contributed by atoms with Gasteiger partial charge in [-0.2, -0.15) is 5.10 Å². The standard InChI is InChI=1S/C20H21N7O7S2/c1-9(28)33-5-10-7-35-18-14(17(30)27(18)15(10)19(31)32)23-16(29)13(12-8-36-20(21)22-12)25-34-6-11-3-4-26(2)24-11/h3-4,8,14,18H,5-7H2,1-2H3,(H2,21,22)(H,23,29)(H,31,32)/b25-13+/t14-,18-/m1/s1. The number of β-lactam (4-membered cyclic amide) rings is 1. The third-order valence-electron chi connectivity index (χ3n) is 5.10. The highest BCUT2D eigenvalue weighted by atomic mass is 32.2. The molecule has 4 rings (SSSR count). The fraction of sp³-hybridized carbons (Fsp3) is 0.350. The van der Waals surface area contributed by atoms with E-state index in [9.17, 15) is 24.3 Å². The highest BCUT2D eigenvalue weighted by Gasteiger charge is 2.54. The number of carboxylic acid groups (broad SMARTS) is 1. The highest BCUT2D eigenvalue weighted by Crippen LogP contribution is 2.40. The average molecular weight is 536 g/mol. The third-order valence-corrected chi connectivity index (χ3v) is 7.12. The molecule has 36 heavy (non-hydrogen) atoms. The van der Waals surface area contributed by atoms with Crippen molar-refractivity contribution in [3.63, 3.8) is 0 Å². The molecule has 16 heteroatoms. The van der Waals surface area contributed by atoms with Crippen molar-refractivity contribution in [1.82, 2.24) is 25.0 Å². The molecule has 0 aliphatic carbocycles. The van der Waals surface area contributed by atoms with E-state index in [1.54, 1.807) is 24.0 Å². The number of thiazole rings is 1. The molecule has 2 aliphatic heterocycles. The Morgan fingerprint density at radius 2 is 2.14 bits per heavy atom. The summed E-state index contributed by atoms with van der Waals surface area (Å²) in [5, 5.41) is 21.4. The number of fused-ring (bicyclic) bond motifs is 1. The van der Waals surface area contributed by atoms with E-state index in [0.29, 0.717) is 11.3 Å². The van der Waals surface area contributed by atoms with Crippen molar-refractivity contribution in [1.29, 1.82) is 0 Å². The average Bonchev–Trinajstić information content (AvgIpc) is 3.45. The summed E-state index contributed by atoms with van der Waals surface area (Å²) in [5.41, 5.74) is 6.28. The van der Waals surface area contributed by atoms with Crippen LogP contribution in [0.15, 0.2) is 34.1 Å². The van der Waals surface area contributed by atoms with Crippen molar-refractivity contribution in [3.05, 3.63) is 40.3 Å². The number of hydrogen-bond acceptors (Lipinski definition) is 12. The topological polar surface area (TPSA) is 191 Å². The molecule has 4 N–H and O–H groups in total. The molecule has 2 amide bonds. The minimum Gasteiger partial charge on any atom is -0.477 e. The number of aryl methyl sites for hydroxylation is 1. The van der Waals surface area contributed by atoms with Gasteiger partial charge in [0.2, 0.25) is 0 Å². The lowest BCUT2D eigenvalue weighted by Gasteiger charge is -2.49. The maximum absolute atomic E-state index is 13.1. The number of aliphatic carboxylic acids is 1. The van der Waals surface area contributed by atoms with E-state index >= 15 is 0 Å². The fourth-order valence-corrected chi connectivity index (χ4v) is 5.37. The lowest BCUT2D eigenvalue weighted by molar-refractivity contribution is -0.150. The number of esters is 1. The van der Waals surface area contributed by atoms with Crippen molar-refractivity contribution in [2.24, 2.45) is 12.2 Å². The Morgan fingerprint density at radius 3 is 2.75 bits per heavy atom. The predicted molar refractivity (Wildman–Crippen MR) is 127 cm³/mol. The zero-order chi connectivity index (χ0) is 26.0. The summed E-state index contributed by atoms with van der Waals surface area (Å²) >= 11 is 2.34. The molecule has 2 aliphatic rings. The molecule has 0 aromatic carbocycles. The van der Waals surface area contributed by atoms with E-state index in [1.165, 1.54) is 24.1 Å². The minimum absolute atomic E-state index is 0.0102. The van der Waals surface area contributed by atoms with Gasteiger partial charge in [0.25, 0.3) is 11.8 Å². The Kier molecular flexibility index (Phi) is 7.25. The Morgan fingerprint density at radius 1 is 1.36 bits per heavy atom. The third kappa shape index (κ3) is 5.18. The maximum atomic E-state index is 13.1. The summed E-state index contributed by atoms with van der Waals surface area (Å²) in [5.74, 6) is -3.06. The number of ether oxygens (including phenoxy) is 1. The maximum Gasteiger partial charge on any atom is 0.352 e. The number of nitrogens with zero attached hydrogens (tertiary/aromatic N) is 5. The van der Waals surface area contributed by atoms with Crippen LogP contribution in [0.3, 0.4) is 0 Å². The van der Waals surface area contributed by atoms with E-state index in [4.69, 9.17) is 15.3 Å². The monoisotopic (exact) mass is 535 g/mol. The molecule has 190 valence electrons. The van der Waals surface area contributed by atoms with E-state index in [-0.39, 0.29) is 41.2 Å². The van der Waals surface area contributed by atoms with Crippen molar-refractivity contribution in [3.8, 4) is 0 Å². The first-order valence-corrected chi connectivity index (χ1v) is 12.3. The van der Waals surface area contributed by atoms with Gasteiger partial charge in [0.05, 0.1) is 0 Å². The molecular weight excluding hydrogens is 514 g/mol. The Bertz CT molecular complexity index is 1280. The van der Waals surface area contributed by atoms with E-state index in [0.717, 1.165) is 16.2 Å². The van der Waals surface area contributed by atoms with Gasteiger partial charge in [-0.15, -0.1) is 23.1 Å². The van der Waals surface area contributed by atoms with Gasteiger partial charge in [0, 0.05) is 36.9 Å². The minimum atomic E-state index is -1.33. The molecule has 14 nitrogen and oxygen atoms in total. The molecule has 0 spiro atoms. The number of anilines is 1. The number of nitrogens with two attached hydrogens (primary N) is 1. The number of thioether (sulfide) groups is 1. The first-order valence-electron chi connectivity index (χ1n) is 10.4. The molecule has 0 saturated carbocycles. The zero-order valence-corrected chi connectivity index (χ0v) is 20.7. The Hall–Kier alpha value is -3.92. The van der Waals surface area contributed by atoms with E-state index in [2.05, 4.69) is 20.6 Å². The summed E-state index contributed by atoms with van der Waals surface area (Å²) in [4.78, 5) is 59.4. The van der Waals surface area contributed by atoms with Crippen LogP contribution >= 0.6 is 23.1 Å². The zero-order valence-electron chi connectivity index (χ0n) is 19.0. The molecule has 0 radical (unpaired) electrons.